The first-order valence-electron chi connectivity index (χ1n) is 13.5. The summed E-state index contributed by atoms with van der Waals surface area (Å²) >= 11 is 3.85. The Morgan fingerprint density at radius 3 is 2.10 bits per heavy atom. The number of hydrogen-bond acceptors (Lipinski definition) is 2. The molecule has 0 bridgehead atoms. The zero-order valence-corrected chi connectivity index (χ0v) is 22.8. The third-order valence-corrected chi connectivity index (χ3v) is 10.6. The minimum Gasteiger partial charge on any atom is -0.308 e. The summed E-state index contributed by atoms with van der Waals surface area (Å²) < 4.78 is 6.59. The van der Waals surface area contributed by atoms with E-state index in [-0.39, 0.29) is 0 Å². The first-order chi connectivity index (χ1) is 19.3. The smallest absolute Gasteiger partial charge is 0.0597 e. The lowest BCUT2D eigenvalue weighted by molar-refractivity contribution is 0.978. The highest BCUT2D eigenvalue weighted by molar-refractivity contribution is 7.26. The molecule has 3 heterocycles. The van der Waals surface area contributed by atoms with Crippen molar-refractivity contribution in [2.75, 3.05) is 0 Å². The monoisotopic (exact) mass is 533 g/mol. The van der Waals surface area contributed by atoms with Gasteiger partial charge < -0.3 is 4.57 Å². The minimum atomic E-state index is 1.07. The van der Waals surface area contributed by atoms with Crippen LogP contribution in [0.15, 0.2) is 115 Å². The van der Waals surface area contributed by atoms with E-state index in [1.54, 1.807) is 0 Å². The van der Waals surface area contributed by atoms with E-state index in [1.807, 2.05) is 22.7 Å². The Labute approximate surface area is 233 Å². The lowest BCUT2D eigenvalue weighted by Crippen LogP contribution is -2.04. The van der Waals surface area contributed by atoms with Gasteiger partial charge in [0.15, 0.2) is 0 Å². The van der Waals surface area contributed by atoms with Crippen molar-refractivity contribution in [3.63, 3.8) is 0 Å². The van der Waals surface area contributed by atoms with Gasteiger partial charge in [-0.2, -0.15) is 0 Å². The minimum absolute atomic E-state index is 1.07. The topological polar surface area (TPSA) is 4.93 Å². The van der Waals surface area contributed by atoms with Gasteiger partial charge >= 0.3 is 0 Å². The van der Waals surface area contributed by atoms with Gasteiger partial charge in [-0.25, -0.2) is 0 Å². The number of thiophene rings is 2. The lowest BCUT2D eigenvalue weighted by Gasteiger charge is -2.17. The van der Waals surface area contributed by atoms with Crippen LogP contribution in [-0.2, 0) is 6.42 Å². The Balaban J connectivity index is 1.26. The number of aromatic nitrogens is 1. The highest BCUT2D eigenvalue weighted by atomic mass is 32.1. The van der Waals surface area contributed by atoms with E-state index in [0.29, 0.717) is 0 Å². The summed E-state index contributed by atoms with van der Waals surface area (Å²) in [5, 5.41) is 6.79. The SMILES string of the molecule is C1=C(n2c3ccccc3c3ccccc32)c2sc3cc(-c4cccc5sc6ccccc6c45)ccc3c2CC1. The molecule has 3 aromatic heterocycles. The quantitative estimate of drug-likeness (QED) is 0.208. The number of hydrogen-bond donors (Lipinski definition) is 0. The first-order valence-corrected chi connectivity index (χ1v) is 15.1. The molecule has 184 valence electrons. The lowest BCUT2D eigenvalue weighted by atomic mass is 9.95. The number of allylic oxidation sites excluding steroid dienone is 1. The second kappa shape index (κ2) is 8.16. The number of aryl methyl sites for hydroxylation is 1. The second-order valence-corrected chi connectivity index (χ2v) is 12.5. The van der Waals surface area contributed by atoms with Crippen molar-refractivity contribution < 1.29 is 0 Å². The number of fused-ring (bicyclic) bond motifs is 9. The van der Waals surface area contributed by atoms with Crippen molar-refractivity contribution in [1.82, 2.24) is 4.57 Å². The molecule has 8 aromatic rings. The van der Waals surface area contributed by atoms with Crippen molar-refractivity contribution in [2.24, 2.45) is 0 Å². The summed E-state index contributed by atoms with van der Waals surface area (Å²) in [6.07, 6.45) is 4.62. The molecular weight excluding hydrogens is 511 g/mol. The van der Waals surface area contributed by atoms with E-state index in [2.05, 4.69) is 120 Å². The fourth-order valence-electron chi connectivity index (χ4n) is 6.61. The summed E-state index contributed by atoms with van der Waals surface area (Å²) in [5.74, 6) is 0. The maximum absolute atomic E-state index is 2.50. The third-order valence-electron chi connectivity index (χ3n) is 8.29. The molecule has 9 rings (SSSR count). The summed E-state index contributed by atoms with van der Waals surface area (Å²) in [5.41, 5.74) is 8.04. The molecule has 0 atom stereocenters. The van der Waals surface area contributed by atoms with E-state index in [1.165, 1.54) is 79.3 Å². The fourth-order valence-corrected chi connectivity index (χ4v) is 9.06. The zero-order chi connectivity index (χ0) is 25.5. The average molecular weight is 534 g/mol. The van der Waals surface area contributed by atoms with Gasteiger partial charge in [-0.1, -0.05) is 84.9 Å². The highest BCUT2D eigenvalue weighted by Crippen LogP contribution is 2.45. The Morgan fingerprint density at radius 1 is 0.564 bits per heavy atom. The van der Waals surface area contributed by atoms with E-state index >= 15 is 0 Å². The molecule has 1 nitrogen and oxygen atoms in total. The van der Waals surface area contributed by atoms with Crippen LogP contribution in [0.25, 0.3) is 68.9 Å². The average Bonchev–Trinajstić information content (AvgIpc) is 3.66. The zero-order valence-electron chi connectivity index (χ0n) is 21.1. The van der Waals surface area contributed by atoms with Crippen LogP contribution in [-0.4, -0.2) is 4.57 Å². The summed E-state index contributed by atoms with van der Waals surface area (Å²) in [6, 6.07) is 40.4. The first kappa shape index (κ1) is 21.7. The molecule has 1 aliphatic carbocycles. The van der Waals surface area contributed by atoms with Gasteiger partial charge in [0, 0.05) is 35.6 Å². The van der Waals surface area contributed by atoms with Crippen molar-refractivity contribution in [1.29, 1.82) is 0 Å². The molecule has 3 heteroatoms. The van der Waals surface area contributed by atoms with Crippen LogP contribution >= 0.6 is 22.7 Å². The molecule has 5 aromatic carbocycles. The number of rotatable bonds is 2. The predicted octanol–water partition coefficient (Wildman–Crippen LogP) is 10.9. The molecule has 0 saturated carbocycles. The maximum Gasteiger partial charge on any atom is 0.0597 e. The molecule has 0 amide bonds. The van der Waals surface area contributed by atoms with Gasteiger partial charge in [0.05, 0.1) is 21.6 Å². The molecule has 0 fully saturated rings. The molecule has 0 N–H and O–H groups in total. The highest BCUT2D eigenvalue weighted by Gasteiger charge is 2.23. The van der Waals surface area contributed by atoms with E-state index in [4.69, 9.17) is 0 Å². The Kier molecular flexibility index (Phi) is 4.54. The van der Waals surface area contributed by atoms with Crippen molar-refractivity contribution in [2.45, 2.75) is 12.8 Å². The van der Waals surface area contributed by atoms with Crippen LogP contribution in [0.5, 0.6) is 0 Å². The van der Waals surface area contributed by atoms with Crippen LogP contribution < -0.4 is 0 Å². The number of nitrogens with zero attached hydrogens (tertiary/aromatic N) is 1. The van der Waals surface area contributed by atoms with Crippen LogP contribution in [0, 0.1) is 0 Å². The fraction of sp³-hybridized carbons (Fsp3) is 0.0556. The van der Waals surface area contributed by atoms with E-state index < -0.39 is 0 Å². The van der Waals surface area contributed by atoms with Gasteiger partial charge in [0.2, 0.25) is 0 Å². The normalized spacial score (nSPS) is 13.6. The Hall–Kier alpha value is -4.18. The summed E-state index contributed by atoms with van der Waals surface area (Å²) in [7, 11) is 0. The van der Waals surface area contributed by atoms with Crippen LogP contribution in [0.4, 0.5) is 0 Å². The predicted molar refractivity (Wildman–Crippen MR) is 171 cm³/mol. The molecule has 0 spiro atoms. The van der Waals surface area contributed by atoms with Crippen LogP contribution in [0.3, 0.4) is 0 Å². The molecule has 0 aliphatic heterocycles. The standard InChI is InChI=1S/C36H23NS2/c1-4-14-29-24(9-1)25-10-2-5-15-30(25)37(29)31-16-7-13-27-26-20-19-22(21-34(26)39-36(27)31)23-12-8-18-33-35(23)28-11-3-6-17-32(28)38-33/h1-6,8-12,14-21H,7,13H2. The largest absolute Gasteiger partial charge is 0.308 e. The molecular formula is C36H23NS2. The van der Waals surface area contributed by atoms with Gasteiger partial charge in [-0.05, 0) is 65.3 Å². The van der Waals surface area contributed by atoms with Crippen molar-refractivity contribution in [3.8, 4) is 11.1 Å². The van der Waals surface area contributed by atoms with Crippen molar-refractivity contribution >= 4 is 80.4 Å². The van der Waals surface area contributed by atoms with Gasteiger partial charge in [0.1, 0.15) is 0 Å². The second-order valence-electron chi connectivity index (χ2n) is 10.4. The number of para-hydroxylation sites is 2. The molecule has 0 saturated heterocycles. The summed E-state index contributed by atoms with van der Waals surface area (Å²) in [4.78, 5) is 1.42. The van der Waals surface area contributed by atoms with E-state index in [9.17, 15) is 0 Å². The Morgan fingerprint density at radius 2 is 1.28 bits per heavy atom. The van der Waals surface area contributed by atoms with Crippen molar-refractivity contribution in [3.05, 3.63) is 126 Å². The molecule has 39 heavy (non-hydrogen) atoms. The molecule has 0 radical (unpaired) electrons. The third kappa shape index (κ3) is 3.06. The Bertz CT molecular complexity index is 2240. The van der Waals surface area contributed by atoms with Gasteiger partial charge in [0.25, 0.3) is 0 Å². The van der Waals surface area contributed by atoms with Crippen LogP contribution in [0.1, 0.15) is 16.9 Å². The maximum atomic E-state index is 2.50. The van der Waals surface area contributed by atoms with E-state index in [0.717, 1.165) is 12.8 Å². The van der Waals surface area contributed by atoms with Crippen LogP contribution in [0.2, 0.25) is 0 Å². The number of benzene rings is 5. The van der Waals surface area contributed by atoms with Gasteiger partial charge in [-0.15, -0.1) is 22.7 Å². The van der Waals surface area contributed by atoms with Gasteiger partial charge in [-0.3, -0.25) is 0 Å². The molecule has 1 aliphatic rings. The summed E-state index contributed by atoms with van der Waals surface area (Å²) in [6.45, 7) is 0. The molecule has 0 unspecified atom stereocenters.